The number of benzene rings is 3. The van der Waals surface area contributed by atoms with E-state index in [-0.39, 0.29) is 12.1 Å². The number of rotatable bonds is 4. The first-order chi connectivity index (χ1) is 20.1. The number of para-hydroxylation sites is 1. The van der Waals surface area contributed by atoms with Crippen molar-refractivity contribution in [3.05, 3.63) is 114 Å². The summed E-state index contributed by atoms with van der Waals surface area (Å²) in [5.74, 6) is 2.96. The van der Waals surface area contributed by atoms with Crippen LogP contribution >= 0.6 is 0 Å². The molecule has 2 aliphatic rings. The number of anilines is 1. The van der Waals surface area contributed by atoms with Crippen molar-refractivity contribution in [3.63, 3.8) is 0 Å². The van der Waals surface area contributed by atoms with Gasteiger partial charge in [0.25, 0.3) is 0 Å². The van der Waals surface area contributed by atoms with Crippen LogP contribution in [0.4, 0.5) is 10.5 Å². The van der Waals surface area contributed by atoms with Crippen molar-refractivity contribution in [3.8, 4) is 28.8 Å². The van der Waals surface area contributed by atoms with E-state index in [0.29, 0.717) is 36.9 Å². The molecule has 206 valence electrons. The minimum absolute atomic E-state index is 0.241. The predicted molar refractivity (Wildman–Crippen MR) is 154 cm³/mol. The van der Waals surface area contributed by atoms with E-state index in [9.17, 15) is 4.79 Å². The Balaban J connectivity index is 1.35. The van der Waals surface area contributed by atoms with E-state index >= 15 is 0 Å². The molecule has 5 aromatic rings. The van der Waals surface area contributed by atoms with Crippen LogP contribution < -0.4 is 19.5 Å². The van der Waals surface area contributed by atoms with E-state index < -0.39 is 0 Å². The third-order valence-corrected chi connectivity index (χ3v) is 7.57. The lowest BCUT2D eigenvalue weighted by Crippen LogP contribution is -2.38. The summed E-state index contributed by atoms with van der Waals surface area (Å²) in [6, 6.07) is 26.8. The smallest absolute Gasteiger partial charge is 0.322 e. The molecule has 1 unspecified atom stereocenters. The van der Waals surface area contributed by atoms with Crippen LogP contribution in [0.15, 0.2) is 91.1 Å². The van der Waals surface area contributed by atoms with Crippen LogP contribution in [0.25, 0.3) is 11.5 Å². The number of nitrogens with zero attached hydrogens (tertiary/aromatic N) is 4. The number of carbonyl (C=O) groups is 1. The van der Waals surface area contributed by atoms with Gasteiger partial charge < -0.3 is 29.0 Å². The molecule has 2 amide bonds. The van der Waals surface area contributed by atoms with Gasteiger partial charge in [-0.15, -0.1) is 0 Å². The van der Waals surface area contributed by atoms with Crippen LogP contribution in [0.2, 0.25) is 0 Å². The van der Waals surface area contributed by atoms with Gasteiger partial charge in [-0.3, -0.25) is 0 Å². The number of hydrogen-bond donors (Lipinski definition) is 1. The fourth-order valence-corrected chi connectivity index (χ4v) is 5.60. The van der Waals surface area contributed by atoms with Crippen LogP contribution in [0.1, 0.15) is 28.6 Å². The zero-order valence-electron chi connectivity index (χ0n) is 22.8. The average molecular weight is 548 g/mol. The topological polar surface area (TPSA) is 82.8 Å². The monoisotopic (exact) mass is 547 g/mol. The lowest BCUT2D eigenvalue weighted by molar-refractivity contribution is 0.171. The van der Waals surface area contributed by atoms with Crippen LogP contribution in [0, 0.1) is 6.92 Å². The van der Waals surface area contributed by atoms with Gasteiger partial charge in [0.1, 0.15) is 24.8 Å². The fraction of sp³-hybridized carbons (Fsp3) is 0.188. The molecule has 7 rings (SSSR count). The number of amides is 2. The van der Waals surface area contributed by atoms with Gasteiger partial charge in [-0.2, -0.15) is 5.10 Å². The number of methoxy groups -OCH3 is 1. The molecule has 9 heteroatoms. The van der Waals surface area contributed by atoms with Crippen LogP contribution in [-0.2, 0) is 6.54 Å². The molecule has 0 saturated heterocycles. The molecule has 2 aliphatic heterocycles. The van der Waals surface area contributed by atoms with Crippen molar-refractivity contribution < 1.29 is 19.0 Å². The fourth-order valence-electron chi connectivity index (χ4n) is 5.60. The maximum atomic E-state index is 14.2. The minimum Gasteiger partial charge on any atom is -0.497 e. The molecule has 2 aromatic heterocycles. The van der Waals surface area contributed by atoms with E-state index in [2.05, 4.69) is 16.0 Å². The molecule has 0 radical (unpaired) electrons. The largest absolute Gasteiger partial charge is 0.497 e. The summed E-state index contributed by atoms with van der Waals surface area (Å²) in [4.78, 5) is 16.1. The average Bonchev–Trinajstić information content (AvgIpc) is 3.58. The second-order valence-electron chi connectivity index (χ2n) is 10.0. The third kappa shape index (κ3) is 4.35. The summed E-state index contributed by atoms with van der Waals surface area (Å²) in [5.41, 5.74) is 5.32. The normalized spacial score (nSPS) is 15.5. The predicted octanol–water partition coefficient (Wildman–Crippen LogP) is 5.89. The molecular weight excluding hydrogens is 518 g/mol. The summed E-state index contributed by atoms with van der Waals surface area (Å²) in [5, 5.41) is 8.03. The maximum Gasteiger partial charge on any atom is 0.322 e. The van der Waals surface area contributed by atoms with E-state index in [1.807, 2.05) is 95.5 Å². The van der Waals surface area contributed by atoms with Crippen molar-refractivity contribution in [2.24, 2.45) is 0 Å². The van der Waals surface area contributed by atoms with Gasteiger partial charge in [0, 0.05) is 23.5 Å². The lowest BCUT2D eigenvalue weighted by atomic mass is 10.0. The van der Waals surface area contributed by atoms with Gasteiger partial charge in [-0.25, -0.2) is 9.48 Å². The van der Waals surface area contributed by atoms with Gasteiger partial charge >= 0.3 is 6.03 Å². The van der Waals surface area contributed by atoms with Crippen LogP contribution in [0.5, 0.6) is 17.2 Å². The number of aryl methyl sites for hydroxylation is 1. The molecule has 0 bridgehead atoms. The second-order valence-corrected chi connectivity index (χ2v) is 10.0. The number of hydrogen-bond acceptors (Lipinski definition) is 5. The van der Waals surface area contributed by atoms with Gasteiger partial charge in [-0.05, 0) is 61.0 Å². The molecule has 1 atom stereocenters. The Morgan fingerprint density at radius 3 is 2.51 bits per heavy atom. The molecule has 0 spiro atoms. The molecule has 9 nitrogen and oxygen atoms in total. The number of nitrogens with one attached hydrogen (secondary N) is 1. The molecule has 0 saturated carbocycles. The summed E-state index contributed by atoms with van der Waals surface area (Å²) >= 11 is 0. The van der Waals surface area contributed by atoms with Gasteiger partial charge in [-0.1, -0.05) is 30.3 Å². The summed E-state index contributed by atoms with van der Waals surface area (Å²) in [6.07, 6.45) is 2.04. The highest BCUT2D eigenvalue weighted by atomic mass is 16.6. The molecule has 0 aliphatic carbocycles. The number of fused-ring (bicyclic) bond motifs is 4. The molecule has 4 heterocycles. The SMILES string of the molecule is COc1ccc(C2c3cccn3-c3c(c(C)nn3-c3ccccc3)CN2C(=O)Nc2ccc3c(c2)OCCO3)cc1. The quantitative estimate of drug-likeness (QED) is 0.304. The number of ether oxygens (including phenoxy) is 3. The highest BCUT2D eigenvalue weighted by Gasteiger charge is 2.36. The zero-order valence-corrected chi connectivity index (χ0v) is 22.8. The summed E-state index contributed by atoms with van der Waals surface area (Å²) in [6.45, 7) is 3.32. The van der Waals surface area contributed by atoms with E-state index in [1.54, 1.807) is 13.2 Å². The van der Waals surface area contributed by atoms with Gasteiger partial charge in [0.05, 0.1) is 36.8 Å². The van der Waals surface area contributed by atoms with Crippen LogP contribution in [0.3, 0.4) is 0 Å². The van der Waals surface area contributed by atoms with Crippen molar-refractivity contribution >= 4 is 11.7 Å². The number of urea groups is 1. The van der Waals surface area contributed by atoms with Crippen molar-refractivity contribution in [2.45, 2.75) is 19.5 Å². The highest BCUT2D eigenvalue weighted by molar-refractivity contribution is 5.90. The van der Waals surface area contributed by atoms with E-state index in [1.165, 1.54) is 0 Å². The minimum atomic E-state index is -0.385. The highest BCUT2D eigenvalue weighted by Crippen LogP contribution is 2.39. The van der Waals surface area contributed by atoms with Crippen molar-refractivity contribution in [1.82, 2.24) is 19.2 Å². The number of carbonyl (C=O) groups excluding carboxylic acids is 1. The van der Waals surface area contributed by atoms with E-state index in [4.69, 9.17) is 19.3 Å². The lowest BCUT2D eigenvalue weighted by Gasteiger charge is -2.31. The van der Waals surface area contributed by atoms with Crippen molar-refractivity contribution in [2.75, 3.05) is 25.6 Å². The maximum absolute atomic E-state index is 14.2. The third-order valence-electron chi connectivity index (χ3n) is 7.57. The van der Waals surface area contributed by atoms with Gasteiger partial charge in [0.2, 0.25) is 0 Å². The Kier molecular flexibility index (Phi) is 6.11. The molecule has 41 heavy (non-hydrogen) atoms. The Morgan fingerprint density at radius 2 is 1.73 bits per heavy atom. The Hall–Kier alpha value is -5.18. The zero-order chi connectivity index (χ0) is 27.9. The summed E-state index contributed by atoms with van der Waals surface area (Å²) < 4.78 is 20.9. The Labute approximate surface area is 237 Å². The Morgan fingerprint density at radius 1 is 0.951 bits per heavy atom. The van der Waals surface area contributed by atoms with Crippen molar-refractivity contribution in [1.29, 1.82) is 0 Å². The molecule has 3 aromatic carbocycles. The first-order valence-corrected chi connectivity index (χ1v) is 13.5. The van der Waals surface area contributed by atoms with E-state index in [0.717, 1.165) is 39.8 Å². The summed E-state index contributed by atoms with van der Waals surface area (Å²) in [7, 11) is 1.65. The molecular formula is C32H29N5O4. The number of aromatic nitrogens is 3. The standard InChI is InChI=1S/C32H29N5O4/c1-21-26-20-36(32(38)33-23-12-15-28-29(19-23)41-18-17-40-28)30(22-10-13-25(39-2)14-11-22)27-9-6-16-35(27)31(26)37(34-21)24-7-4-3-5-8-24/h3-16,19,30H,17-18,20H2,1-2H3,(H,33,38). The first-order valence-electron chi connectivity index (χ1n) is 13.5. The van der Waals surface area contributed by atoms with Crippen LogP contribution in [-0.4, -0.2) is 45.6 Å². The molecule has 0 fully saturated rings. The molecule has 1 N–H and O–H groups in total. The first kappa shape index (κ1) is 24.8. The van der Waals surface area contributed by atoms with Gasteiger partial charge in [0.15, 0.2) is 11.5 Å². The Bertz CT molecular complexity index is 1730. The second kappa shape index (κ2) is 10.1.